The second kappa shape index (κ2) is 8.08. The summed E-state index contributed by atoms with van der Waals surface area (Å²) in [6.07, 6.45) is 2.93. The van der Waals surface area contributed by atoms with Crippen molar-refractivity contribution in [1.29, 1.82) is 0 Å². The van der Waals surface area contributed by atoms with Gasteiger partial charge in [0.15, 0.2) is 0 Å². The Morgan fingerprint density at radius 2 is 1.89 bits per heavy atom. The minimum atomic E-state index is -0.158. The first-order valence-electron chi connectivity index (χ1n) is 10.0. The number of nitrogens with one attached hydrogen (secondary N) is 2. The summed E-state index contributed by atoms with van der Waals surface area (Å²) >= 11 is 1.57. The number of carbonyl (C=O) groups is 2. The molecule has 3 rings (SSSR count). The minimum Gasteiger partial charge on any atom is -0.352 e. The number of thiophene rings is 1. The smallest absolute Gasteiger partial charge is 0.256 e. The molecule has 28 heavy (non-hydrogen) atoms. The van der Waals surface area contributed by atoms with Crippen molar-refractivity contribution in [3.63, 3.8) is 0 Å². The quantitative estimate of drug-likeness (QED) is 0.743. The summed E-state index contributed by atoms with van der Waals surface area (Å²) < 4.78 is 0. The first-order valence-corrected chi connectivity index (χ1v) is 10.8. The Morgan fingerprint density at radius 1 is 1.18 bits per heavy atom. The van der Waals surface area contributed by atoms with Gasteiger partial charge in [0.25, 0.3) is 11.8 Å². The second-order valence-electron chi connectivity index (χ2n) is 8.64. The van der Waals surface area contributed by atoms with E-state index in [1.54, 1.807) is 11.3 Å². The molecular weight excluding hydrogens is 368 g/mol. The number of anilines is 1. The highest BCUT2D eigenvalue weighted by molar-refractivity contribution is 7.17. The molecule has 0 bridgehead atoms. The van der Waals surface area contributed by atoms with Crippen LogP contribution < -0.4 is 10.6 Å². The van der Waals surface area contributed by atoms with Crippen molar-refractivity contribution < 1.29 is 9.59 Å². The third kappa shape index (κ3) is 4.14. The van der Waals surface area contributed by atoms with Gasteiger partial charge in [-0.3, -0.25) is 9.59 Å². The van der Waals surface area contributed by atoms with E-state index in [4.69, 9.17) is 0 Å². The van der Waals surface area contributed by atoms with E-state index in [0.717, 1.165) is 30.4 Å². The molecule has 1 aromatic carbocycles. The Kier molecular flexibility index (Phi) is 5.94. The van der Waals surface area contributed by atoms with Crippen LogP contribution in [0.25, 0.3) is 0 Å². The molecule has 0 fully saturated rings. The van der Waals surface area contributed by atoms with E-state index in [9.17, 15) is 9.59 Å². The molecule has 1 atom stereocenters. The fourth-order valence-electron chi connectivity index (χ4n) is 3.90. The highest BCUT2D eigenvalue weighted by atomic mass is 32.1. The normalized spacial score (nSPS) is 16.4. The van der Waals surface area contributed by atoms with Crippen molar-refractivity contribution in [1.82, 2.24) is 5.32 Å². The molecule has 1 heterocycles. The lowest BCUT2D eigenvalue weighted by atomic mass is 9.72. The molecule has 1 aromatic heterocycles. The molecule has 2 amide bonds. The van der Waals surface area contributed by atoms with Gasteiger partial charge in [-0.25, -0.2) is 0 Å². The van der Waals surface area contributed by atoms with Crippen molar-refractivity contribution >= 4 is 28.2 Å². The molecular formula is C23H30N2O2S. The second-order valence-corrected chi connectivity index (χ2v) is 9.75. The fraction of sp³-hybridized carbons (Fsp3) is 0.478. The van der Waals surface area contributed by atoms with E-state index in [0.29, 0.717) is 28.6 Å². The maximum absolute atomic E-state index is 12.9. The Hall–Kier alpha value is -2.14. The lowest BCUT2D eigenvalue weighted by Crippen LogP contribution is -2.28. The minimum absolute atomic E-state index is 0.0886. The van der Waals surface area contributed by atoms with E-state index < -0.39 is 0 Å². The predicted octanol–water partition coefficient (Wildman–Crippen LogP) is 5.21. The van der Waals surface area contributed by atoms with Crippen LogP contribution in [-0.2, 0) is 12.8 Å². The van der Waals surface area contributed by atoms with Crippen molar-refractivity contribution in [2.45, 2.75) is 53.9 Å². The Morgan fingerprint density at radius 3 is 2.54 bits per heavy atom. The summed E-state index contributed by atoms with van der Waals surface area (Å²) in [7, 11) is 0. The molecule has 150 valence electrons. The lowest BCUT2D eigenvalue weighted by Gasteiger charge is -2.33. The SMILES string of the molecule is CCNC(=O)c1c(NC(=O)c2ccccc2C)sc2c1CCC(C(C)(C)C)C2. The van der Waals surface area contributed by atoms with Gasteiger partial charge in [0.2, 0.25) is 0 Å². The zero-order chi connectivity index (χ0) is 20.5. The molecule has 4 nitrogen and oxygen atoms in total. The van der Waals surface area contributed by atoms with E-state index in [2.05, 4.69) is 31.4 Å². The fourth-order valence-corrected chi connectivity index (χ4v) is 5.22. The lowest BCUT2D eigenvalue weighted by molar-refractivity contribution is 0.0955. The van der Waals surface area contributed by atoms with Crippen LogP contribution in [0.2, 0.25) is 0 Å². The van der Waals surface area contributed by atoms with E-state index in [1.807, 2.05) is 38.1 Å². The van der Waals surface area contributed by atoms with Gasteiger partial charge in [0, 0.05) is 17.0 Å². The molecule has 2 N–H and O–H groups in total. The van der Waals surface area contributed by atoms with Crippen molar-refractivity contribution in [2.75, 3.05) is 11.9 Å². The van der Waals surface area contributed by atoms with Gasteiger partial charge in [-0.15, -0.1) is 11.3 Å². The summed E-state index contributed by atoms with van der Waals surface area (Å²) in [4.78, 5) is 26.9. The van der Waals surface area contributed by atoms with Gasteiger partial charge in [-0.05, 0) is 61.6 Å². The number of fused-ring (bicyclic) bond motifs is 1. The average molecular weight is 399 g/mol. The van der Waals surface area contributed by atoms with Crippen molar-refractivity contribution in [2.24, 2.45) is 11.3 Å². The summed E-state index contributed by atoms with van der Waals surface area (Å²) in [5.41, 5.74) is 3.59. The number of carbonyl (C=O) groups excluding carboxylic acids is 2. The van der Waals surface area contributed by atoms with Gasteiger partial charge in [-0.1, -0.05) is 39.0 Å². The van der Waals surface area contributed by atoms with Crippen molar-refractivity contribution in [3.8, 4) is 0 Å². The van der Waals surface area contributed by atoms with Gasteiger partial charge in [0.1, 0.15) is 5.00 Å². The maximum atomic E-state index is 12.9. The van der Waals surface area contributed by atoms with E-state index in [1.165, 1.54) is 4.88 Å². The zero-order valence-corrected chi connectivity index (χ0v) is 18.3. The van der Waals surface area contributed by atoms with E-state index >= 15 is 0 Å². The number of amides is 2. The Labute approximate surface area is 171 Å². The monoisotopic (exact) mass is 398 g/mol. The zero-order valence-electron chi connectivity index (χ0n) is 17.4. The Bertz CT molecular complexity index is 892. The van der Waals surface area contributed by atoms with Crippen LogP contribution in [0.4, 0.5) is 5.00 Å². The highest BCUT2D eigenvalue weighted by Crippen LogP contribution is 2.44. The molecule has 1 unspecified atom stereocenters. The molecule has 0 saturated carbocycles. The number of hydrogen-bond donors (Lipinski definition) is 2. The van der Waals surface area contributed by atoms with Gasteiger partial charge in [0.05, 0.1) is 5.56 Å². The molecule has 1 aliphatic rings. The standard InChI is InChI=1S/C23H30N2O2S/c1-6-24-21(27)19-17-12-11-15(23(3,4)5)13-18(17)28-22(19)25-20(26)16-10-8-7-9-14(16)2/h7-10,15H,6,11-13H2,1-5H3,(H,24,27)(H,25,26). The third-order valence-electron chi connectivity index (χ3n) is 5.67. The number of rotatable bonds is 4. The largest absolute Gasteiger partial charge is 0.352 e. The summed E-state index contributed by atoms with van der Waals surface area (Å²) in [5.74, 6) is 0.338. The molecule has 1 aliphatic carbocycles. The first-order chi connectivity index (χ1) is 13.2. The van der Waals surface area contributed by atoms with Crippen LogP contribution >= 0.6 is 11.3 Å². The topological polar surface area (TPSA) is 58.2 Å². The molecule has 0 radical (unpaired) electrons. The summed E-state index contributed by atoms with van der Waals surface area (Å²) in [6.45, 7) is 11.2. The molecule has 0 spiro atoms. The van der Waals surface area contributed by atoms with Crippen LogP contribution in [0.15, 0.2) is 24.3 Å². The summed E-state index contributed by atoms with van der Waals surface area (Å²) in [6, 6.07) is 7.52. The van der Waals surface area contributed by atoms with Crippen LogP contribution in [0.5, 0.6) is 0 Å². The van der Waals surface area contributed by atoms with Crippen LogP contribution in [-0.4, -0.2) is 18.4 Å². The van der Waals surface area contributed by atoms with Crippen LogP contribution in [0, 0.1) is 18.3 Å². The van der Waals surface area contributed by atoms with Crippen LogP contribution in [0.1, 0.15) is 70.8 Å². The molecule has 0 saturated heterocycles. The summed E-state index contributed by atoms with van der Waals surface area (Å²) in [5, 5.41) is 6.64. The number of benzene rings is 1. The van der Waals surface area contributed by atoms with Crippen LogP contribution in [0.3, 0.4) is 0 Å². The Balaban J connectivity index is 1.96. The maximum Gasteiger partial charge on any atom is 0.256 e. The first kappa shape index (κ1) is 20.6. The van der Waals surface area contributed by atoms with Gasteiger partial charge < -0.3 is 10.6 Å². The average Bonchev–Trinajstić information content (AvgIpc) is 2.98. The molecule has 0 aliphatic heterocycles. The van der Waals surface area contributed by atoms with E-state index in [-0.39, 0.29) is 17.2 Å². The molecule has 5 heteroatoms. The predicted molar refractivity (Wildman–Crippen MR) is 116 cm³/mol. The highest BCUT2D eigenvalue weighted by Gasteiger charge is 2.34. The molecule has 2 aromatic rings. The van der Waals surface area contributed by atoms with Crippen molar-refractivity contribution in [3.05, 3.63) is 51.4 Å². The number of hydrogen-bond acceptors (Lipinski definition) is 3. The van der Waals surface area contributed by atoms with Gasteiger partial charge >= 0.3 is 0 Å². The van der Waals surface area contributed by atoms with Gasteiger partial charge in [-0.2, -0.15) is 0 Å². The number of aryl methyl sites for hydroxylation is 1. The third-order valence-corrected chi connectivity index (χ3v) is 6.84.